The van der Waals surface area contributed by atoms with Gasteiger partial charge in [0.25, 0.3) is 0 Å². The number of ether oxygens (including phenoxy) is 1. The molecule has 0 aromatic heterocycles. The Morgan fingerprint density at radius 1 is 1.33 bits per heavy atom. The van der Waals surface area contributed by atoms with Gasteiger partial charge in [0.05, 0.1) is 6.61 Å². The van der Waals surface area contributed by atoms with Gasteiger partial charge in [-0.05, 0) is 38.3 Å². The van der Waals surface area contributed by atoms with Crippen molar-refractivity contribution in [3.05, 3.63) is 29.8 Å². The Kier molecular flexibility index (Phi) is 3.36. The van der Waals surface area contributed by atoms with Crippen LogP contribution in [0.3, 0.4) is 0 Å². The molecule has 1 fully saturated rings. The molecule has 0 bridgehead atoms. The van der Waals surface area contributed by atoms with E-state index in [0.717, 1.165) is 11.3 Å². The van der Waals surface area contributed by atoms with Crippen LogP contribution in [0.1, 0.15) is 25.3 Å². The molecular formula is C14H17NO3. The third-order valence-electron chi connectivity index (χ3n) is 3.24. The third kappa shape index (κ3) is 2.23. The second-order valence-electron chi connectivity index (χ2n) is 4.57. The van der Waals surface area contributed by atoms with Crippen LogP contribution in [-0.2, 0) is 14.3 Å². The maximum Gasteiger partial charge on any atom is 0.321 e. The van der Waals surface area contributed by atoms with E-state index < -0.39 is 11.4 Å². The van der Waals surface area contributed by atoms with E-state index >= 15 is 0 Å². The Bertz CT molecular complexity index is 478. The molecule has 1 aliphatic rings. The quantitative estimate of drug-likeness (QED) is 0.656. The number of esters is 1. The smallest absolute Gasteiger partial charge is 0.321 e. The van der Waals surface area contributed by atoms with Gasteiger partial charge in [-0.15, -0.1) is 0 Å². The largest absolute Gasteiger partial charge is 0.465 e. The maximum atomic E-state index is 12.2. The fraction of sp³-hybridized carbons (Fsp3) is 0.429. The number of rotatable bonds is 4. The van der Waals surface area contributed by atoms with Crippen molar-refractivity contribution >= 4 is 17.6 Å². The SMILES string of the molecule is CCOC(=O)C1(C(=O)Nc2ccccc2C)CC1. The van der Waals surface area contributed by atoms with Crippen molar-refractivity contribution in [3.8, 4) is 0 Å². The average molecular weight is 247 g/mol. The van der Waals surface area contributed by atoms with Gasteiger partial charge in [-0.1, -0.05) is 18.2 Å². The Labute approximate surface area is 106 Å². The molecule has 0 saturated heterocycles. The molecule has 0 unspecified atom stereocenters. The number of anilines is 1. The van der Waals surface area contributed by atoms with Crippen molar-refractivity contribution in [1.29, 1.82) is 0 Å². The zero-order valence-electron chi connectivity index (χ0n) is 10.7. The van der Waals surface area contributed by atoms with Crippen molar-refractivity contribution in [1.82, 2.24) is 0 Å². The molecule has 1 aromatic rings. The van der Waals surface area contributed by atoms with E-state index in [0.29, 0.717) is 19.4 Å². The molecule has 0 spiro atoms. The predicted octanol–water partition coefficient (Wildman–Crippen LogP) is 2.28. The summed E-state index contributed by atoms with van der Waals surface area (Å²) in [6, 6.07) is 7.50. The van der Waals surface area contributed by atoms with Gasteiger partial charge in [0.2, 0.25) is 5.91 Å². The van der Waals surface area contributed by atoms with Crippen LogP contribution in [0.4, 0.5) is 5.69 Å². The summed E-state index contributed by atoms with van der Waals surface area (Å²) in [5.41, 5.74) is 0.779. The van der Waals surface area contributed by atoms with Gasteiger partial charge in [-0.3, -0.25) is 9.59 Å². The van der Waals surface area contributed by atoms with Crippen molar-refractivity contribution < 1.29 is 14.3 Å². The van der Waals surface area contributed by atoms with Crippen LogP contribution in [0, 0.1) is 12.3 Å². The summed E-state index contributed by atoms with van der Waals surface area (Å²) in [6.07, 6.45) is 1.15. The van der Waals surface area contributed by atoms with Gasteiger partial charge >= 0.3 is 5.97 Å². The van der Waals surface area contributed by atoms with E-state index in [-0.39, 0.29) is 5.91 Å². The third-order valence-corrected chi connectivity index (χ3v) is 3.24. The summed E-state index contributed by atoms with van der Waals surface area (Å²) in [6.45, 7) is 3.96. The monoisotopic (exact) mass is 247 g/mol. The van der Waals surface area contributed by atoms with Crippen LogP contribution in [0.25, 0.3) is 0 Å². The summed E-state index contributed by atoms with van der Waals surface area (Å²) >= 11 is 0. The minimum absolute atomic E-state index is 0.254. The number of benzene rings is 1. The summed E-state index contributed by atoms with van der Waals surface area (Å²) in [4.78, 5) is 23.9. The van der Waals surface area contributed by atoms with Gasteiger partial charge in [-0.25, -0.2) is 0 Å². The van der Waals surface area contributed by atoms with E-state index in [1.807, 2.05) is 31.2 Å². The summed E-state index contributed by atoms with van der Waals surface area (Å²) in [5, 5.41) is 2.81. The Balaban J connectivity index is 2.09. The summed E-state index contributed by atoms with van der Waals surface area (Å²) < 4.78 is 4.96. The highest BCUT2D eigenvalue weighted by molar-refractivity contribution is 6.11. The number of carbonyl (C=O) groups is 2. The topological polar surface area (TPSA) is 55.4 Å². The molecule has 0 heterocycles. The number of hydrogen-bond acceptors (Lipinski definition) is 3. The molecule has 0 radical (unpaired) electrons. The number of carbonyl (C=O) groups excluding carboxylic acids is 2. The van der Waals surface area contributed by atoms with Crippen molar-refractivity contribution in [2.24, 2.45) is 5.41 Å². The zero-order valence-corrected chi connectivity index (χ0v) is 10.7. The van der Waals surface area contributed by atoms with Crippen LogP contribution in [-0.4, -0.2) is 18.5 Å². The van der Waals surface area contributed by atoms with Crippen molar-refractivity contribution in [2.75, 3.05) is 11.9 Å². The number of amides is 1. The highest BCUT2D eigenvalue weighted by Crippen LogP contribution is 2.47. The van der Waals surface area contributed by atoms with E-state index in [1.54, 1.807) is 6.92 Å². The number of para-hydroxylation sites is 1. The molecule has 0 aliphatic heterocycles. The first-order valence-electron chi connectivity index (χ1n) is 6.14. The Hall–Kier alpha value is -1.84. The highest BCUT2D eigenvalue weighted by atomic mass is 16.5. The van der Waals surface area contributed by atoms with Crippen LogP contribution < -0.4 is 5.32 Å². The normalized spacial score (nSPS) is 15.9. The molecule has 1 aromatic carbocycles. The lowest BCUT2D eigenvalue weighted by Crippen LogP contribution is -2.33. The summed E-state index contributed by atoms with van der Waals surface area (Å²) in [7, 11) is 0. The van der Waals surface area contributed by atoms with Crippen molar-refractivity contribution in [2.45, 2.75) is 26.7 Å². The second-order valence-corrected chi connectivity index (χ2v) is 4.57. The average Bonchev–Trinajstić information content (AvgIpc) is 3.14. The first-order chi connectivity index (χ1) is 8.60. The van der Waals surface area contributed by atoms with E-state index in [9.17, 15) is 9.59 Å². The van der Waals surface area contributed by atoms with Gasteiger partial charge < -0.3 is 10.1 Å². The summed E-state index contributed by atoms with van der Waals surface area (Å²) in [5.74, 6) is -0.661. The first-order valence-corrected chi connectivity index (χ1v) is 6.14. The van der Waals surface area contributed by atoms with Crippen LogP contribution in [0.2, 0.25) is 0 Å². The molecule has 2 rings (SSSR count). The Morgan fingerprint density at radius 2 is 2.00 bits per heavy atom. The fourth-order valence-electron chi connectivity index (χ4n) is 1.87. The predicted molar refractivity (Wildman–Crippen MR) is 68.1 cm³/mol. The first kappa shape index (κ1) is 12.6. The zero-order chi connectivity index (χ0) is 13.2. The van der Waals surface area contributed by atoms with E-state index in [2.05, 4.69) is 5.32 Å². The Morgan fingerprint density at radius 3 is 2.56 bits per heavy atom. The molecule has 1 saturated carbocycles. The maximum absolute atomic E-state index is 12.2. The highest BCUT2D eigenvalue weighted by Gasteiger charge is 2.58. The molecular weight excluding hydrogens is 230 g/mol. The van der Waals surface area contributed by atoms with Crippen LogP contribution in [0.5, 0.6) is 0 Å². The standard InChI is InChI=1S/C14H17NO3/c1-3-18-13(17)14(8-9-14)12(16)15-11-7-5-4-6-10(11)2/h4-7H,3,8-9H2,1-2H3,(H,15,16). The lowest BCUT2D eigenvalue weighted by Gasteiger charge is -2.15. The molecule has 96 valence electrons. The van der Waals surface area contributed by atoms with Crippen LogP contribution in [0.15, 0.2) is 24.3 Å². The molecule has 0 atom stereocenters. The van der Waals surface area contributed by atoms with Gasteiger partial charge in [0, 0.05) is 5.69 Å². The minimum Gasteiger partial charge on any atom is -0.465 e. The number of aryl methyl sites for hydroxylation is 1. The van der Waals surface area contributed by atoms with Gasteiger partial charge in [0.1, 0.15) is 5.41 Å². The molecule has 1 aliphatic carbocycles. The minimum atomic E-state index is -0.946. The molecule has 1 N–H and O–H groups in total. The molecule has 1 amide bonds. The number of nitrogens with one attached hydrogen (secondary N) is 1. The molecule has 18 heavy (non-hydrogen) atoms. The molecule has 4 nitrogen and oxygen atoms in total. The van der Waals surface area contributed by atoms with Crippen molar-refractivity contribution in [3.63, 3.8) is 0 Å². The van der Waals surface area contributed by atoms with Crippen LogP contribution >= 0.6 is 0 Å². The fourth-order valence-corrected chi connectivity index (χ4v) is 1.87. The van der Waals surface area contributed by atoms with Gasteiger partial charge in [-0.2, -0.15) is 0 Å². The lowest BCUT2D eigenvalue weighted by atomic mass is 10.1. The van der Waals surface area contributed by atoms with E-state index in [1.165, 1.54) is 0 Å². The van der Waals surface area contributed by atoms with Gasteiger partial charge in [0.15, 0.2) is 0 Å². The molecule has 4 heteroatoms. The number of hydrogen-bond donors (Lipinski definition) is 1. The second kappa shape index (κ2) is 4.80. The lowest BCUT2D eigenvalue weighted by molar-refractivity contribution is -0.152. The van der Waals surface area contributed by atoms with E-state index in [4.69, 9.17) is 4.74 Å².